The van der Waals surface area contributed by atoms with Crippen molar-refractivity contribution in [3.63, 3.8) is 0 Å². The third-order valence-electron chi connectivity index (χ3n) is 4.75. The van der Waals surface area contributed by atoms with Gasteiger partial charge in [-0.25, -0.2) is 9.97 Å². The molecule has 33 heavy (non-hydrogen) atoms. The first kappa shape index (κ1) is 20.3. The second-order valence-corrected chi connectivity index (χ2v) is 7.15. The number of rotatable bonds is 7. The number of benzene rings is 3. The number of hydrogen-bond acceptors (Lipinski definition) is 6. The number of para-hydroxylation sites is 2. The number of anilines is 1. The highest BCUT2D eigenvalue weighted by Crippen LogP contribution is 2.26. The van der Waals surface area contributed by atoms with Crippen LogP contribution in [0.5, 0.6) is 17.4 Å². The summed E-state index contributed by atoms with van der Waals surface area (Å²) in [4.78, 5) is 20.9. The van der Waals surface area contributed by atoms with Crippen molar-refractivity contribution < 1.29 is 18.7 Å². The van der Waals surface area contributed by atoms with Crippen molar-refractivity contribution in [2.75, 3.05) is 11.9 Å². The van der Waals surface area contributed by atoms with Gasteiger partial charge in [0.2, 0.25) is 11.8 Å². The minimum atomic E-state index is -0.277. The van der Waals surface area contributed by atoms with Crippen LogP contribution in [0.3, 0.4) is 0 Å². The molecule has 3 aromatic carbocycles. The summed E-state index contributed by atoms with van der Waals surface area (Å²) in [5.74, 6) is 1.82. The molecule has 0 aliphatic carbocycles. The number of ether oxygens (including phenoxy) is 2. The molecule has 0 radical (unpaired) electrons. The highest BCUT2D eigenvalue weighted by Gasteiger charge is 2.09. The zero-order valence-corrected chi connectivity index (χ0v) is 17.5. The summed E-state index contributed by atoms with van der Waals surface area (Å²) in [5.41, 5.74) is 3.01. The molecular weight excluding hydrogens is 418 g/mol. The Morgan fingerprint density at radius 3 is 2.52 bits per heavy atom. The summed E-state index contributed by atoms with van der Waals surface area (Å²) in [6.07, 6.45) is 1.65. The van der Waals surface area contributed by atoms with Crippen LogP contribution >= 0.6 is 0 Å². The molecular formula is C26H19N3O4. The van der Waals surface area contributed by atoms with Crippen molar-refractivity contribution in [1.29, 1.82) is 0 Å². The largest absolute Gasteiger partial charge is 0.484 e. The van der Waals surface area contributed by atoms with E-state index in [2.05, 4.69) is 15.3 Å². The van der Waals surface area contributed by atoms with Gasteiger partial charge in [-0.1, -0.05) is 24.3 Å². The fourth-order valence-electron chi connectivity index (χ4n) is 3.19. The first-order valence-corrected chi connectivity index (χ1v) is 10.3. The summed E-state index contributed by atoms with van der Waals surface area (Å²) in [5, 5.41) is 2.82. The second kappa shape index (κ2) is 9.23. The molecule has 7 heteroatoms. The van der Waals surface area contributed by atoms with Crippen molar-refractivity contribution in [3.05, 3.63) is 97.2 Å². The Labute approximate surface area is 189 Å². The molecule has 2 aromatic heterocycles. The average molecular weight is 437 g/mol. The lowest BCUT2D eigenvalue weighted by atomic mass is 10.2. The summed E-state index contributed by atoms with van der Waals surface area (Å²) in [7, 11) is 0. The molecule has 162 valence electrons. The maximum atomic E-state index is 12.3. The summed E-state index contributed by atoms with van der Waals surface area (Å²) in [6, 6.07) is 27.3. The average Bonchev–Trinajstić information content (AvgIpc) is 3.29. The zero-order valence-electron chi connectivity index (χ0n) is 17.5. The molecule has 0 aliphatic rings. The van der Waals surface area contributed by atoms with Crippen LogP contribution in [0.25, 0.3) is 22.6 Å². The number of nitrogens with one attached hydrogen (secondary N) is 1. The Morgan fingerprint density at radius 1 is 0.879 bits per heavy atom. The van der Waals surface area contributed by atoms with Crippen LogP contribution in [0, 0.1) is 0 Å². The number of nitrogens with zero attached hydrogens (tertiary/aromatic N) is 2. The molecule has 0 bridgehead atoms. The Bertz CT molecular complexity index is 1350. The molecule has 0 spiro atoms. The molecule has 0 fully saturated rings. The predicted octanol–water partition coefficient (Wildman–Crippen LogP) is 5.70. The number of aromatic nitrogens is 2. The fraction of sp³-hybridized carbons (Fsp3) is 0.0385. The third kappa shape index (κ3) is 4.99. The van der Waals surface area contributed by atoms with Crippen LogP contribution in [0.1, 0.15) is 0 Å². The number of fused-ring (bicyclic) bond motifs is 1. The number of carbonyl (C=O) groups is 1. The molecule has 1 amide bonds. The van der Waals surface area contributed by atoms with Gasteiger partial charge < -0.3 is 19.2 Å². The quantitative estimate of drug-likeness (QED) is 0.351. The number of pyridine rings is 1. The Morgan fingerprint density at radius 2 is 1.70 bits per heavy atom. The molecule has 0 atom stereocenters. The maximum Gasteiger partial charge on any atom is 0.262 e. The van der Waals surface area contributed by atoms with Crippen molar-refractivity contribution >= 4 is 22.7 Å². The summed E-state index contributed by atoms with van der Waals surface area (Å²) in [6.45, 7) is -0.139. The molecule has 2 heterocycles. The lowest BCUT2D eigenvalue weighted by molar-refractivity contribution is -0.118. The molecule has 0 saturated heterocycles. The number of amides is 1. The Balaban J connectivity index is 1.17. The van der Waals surface area contributed by atoms with E-state index in [4.69, 9.17) is 13.9 Å². The molecule has 1 N–H and O–H groups in total. The molecule has 7 nitrogen and oxygen atoms in total. The van der Waals surface area contributed by atoms with Gasteiger partial charge in [0.1, 0.15) is 17.0 Å². The van der Waals surface area contributed by atoms with E-state index in [-0.39, 0.29) is 12.5 Å². The summed E-state index contributed by atoms with van der Waals surface area (Å²) >= 11 is 0. The predicted molar refractivity (Wildman–Crippen MR) is 124 cm³/mol. The Kier molecular flexibility index (Phi) is 5.67. The number of hydrogen-bond donors (Lipinski definition) is 1. The van der Waals surface area contributed by atoms with Crippen molar-refractivity contribution in [1.82, 2.24) is 9.97 Å². The van der Waals surface area contributed by atoms with Gasteiger partial charge in [-0.05, 0) is 54.6 Å². The minimum Gasteiger partial charge on any atom is -0.484 e. The normalized spacial score (nSPS) is 10.7. The van der Waals surface area contributed by atoms with Crippen LogP contribution in [0.15, 0.2) is 102 Å². The van der Waals surface area contributed by atoms with E-state index in [1.54, 1.807) is 48.7 Å². The highest BCUT2D eigenvalue weighted by atomic mass is 16.5. The van der Waals surface area contributed by atoms with Gasteiger partial charge in [-0.3, -0.25) is 4.79 Å². The highest BCUT2D eigenvalue weighted by molar-refractivity contribution is 5.92. The monoisotopic (exact) mass is 437 g/mol. The summed E-state index contributed by atoms with van der Waals surface area (Å²) < 4.78 is 17.1. The standard InChI is InChI=1S/C26H19N3O4/c30-24(17-31-20-6-5-7-21(16-20)32-25-10-3-4-15-27-25)28-19-13-11-18(12-14-19)26-29-22-8-1-2-9-23(22)33-26/h1-16H,17H2,(H,28,30). The smallest absolute Gasteiger partial charge is 0.262 e. The van der Waals surface area contributed by atoms with Gasteiger partial charge in [0.15, 0.2) is 12.2 Å². The zero-order chi connectivity index (χ0) is 22.5. The fourth-order valence-corrected chi connectivity index (χ4v) is 3.19. The van der Waals surface area contributed by atoms with Gasteiger partial charge in [-0.15, -0.1) is 0 Å². The van der Waals surface area contributed by atoms with Crippen LogP contribution in [0.2, 0.25) is 0 Å². The minimum absolute atomic E-state index is 0.139. The lowest BCUT2D eigenvalue weighted by Crippen LogP contribution is -2.20. The first-order chi connectivity index (χ1) is 16.2. The second-order valence-electron chi connectivity index (χ2n) is 7.15. The van der Waals surface area contributed by atoms with E-state index in [0.717, 1.165) is 16.7 Å². The lowest BCUT2D eigenvalue weighted by Gasteiger charge is -2.09. The Hall–Kier alpha value is -4.65. The SMILES string of the molecule is O=C(COc1cccc(Oc2ccccn2)c1)Nc1ccc(-c2nc3ccccc3o2)cc1. The van der Waals surface area contributed by atoms with E-state index in [1.165, 1.54) is 0 Å². The van der Waals surface area contributed by atoms with Crippen LogP contribution in [-0.4, -0.2) is 22.5 Å². The molecule has 5 aromatic rings. The number of oxazole rings is 1. The van der Waals surface area contributed by atoms with Crippen LogP contribution < -0.4 is 14.8 Å². The molecule has 0 saturated carbocycles. The van der Waals surface area contributed by atoms with Crippen LogP contribution in [-0.2, 0) is 4.79 Å². The molecule has 0 aliphatic heterocycles. The maximum absolute atomic E-state index is 12.3. The first-order valence-electron chi connectivity index (χ1n) is 10.3. The third-order valence-corrected chi connectivity index (χ3v) is 4.75. The van der Waals surface area contributed by atoms with E-state index < -0.39 is 0 Å². The van der Waals surface area contributed by atoms with Gasteiger partial charge in [0.25, 0.3) is 5.91 Å². The van der Waals surface area contributed by atoms with Gasteiger partial charge >= 0.3 is 0 Å². The van der Waals surface area contributed by atoms with Crippen LogP contribution in [0.4, 0.5) is 5.69 Å². The van der Waals surface area contributed by atoms with Crippen molar-refractivity contribution in [2.45, 2.75) is 0 Å². The van der Waals surface area contributed by atoms with Crippen molar-refractivity contribution in [3.8, 4) is 28.8 Å². The van der Waals surface area contributed by atoms with E-state index in [1.807, 2.05) is 48.5 Å². The number of carbonyl (C=O) groups excluding carboxylic acids is 1. The molecule has 0 unspecified atom stereocenters. The molecule has 5 rings (SSSR count). The van der Waals surface area contributed by atoms with E-state index in [9.17, 15) is 4.79 Å². The van der Waals surface area contributed by atoms with E-state index >= 15 is 0 Å². The topological polar surface area (TPSA) is 86.5 Å². The van der Waals surface area contributed by atoms with E-state index in [0.29, 0.717) is 29.0 Å². The van der Waals surface area contributed by atoms with Gasteiger partial charge in [0.05, 0.1) is 0 Å². The van der Waals surface area contributed by atoms with Gasteiger partial charge in [0, 0.05) is 29.6 Å². The van der Waals surface area contributed by atoms with Crippen molar-refractivity contribution in [2.24, 2.45) is 0 Å². The van der Waals surface area contributed by atoms with Gasteiger partial charge in [-0.2, -0.15) is 0 Å².